The maximum absolute atomic E-state index is 13.3. The van der Waals surface area contributed by atoms with E-state index in [0.29, 0.717) is 11.6 Å². The second kappa shape index (κ2) is 7.59. The molecule has 0 radical (unpaired) electrons. The fourth-order valence-corrected chi connectivity index (χ4v) is 5.97. The van der Waals surface area contributed by atoms with E-state index in [2.05, 4.69) is 5.32 Å². The maximum atomic E-state index is 13.3. The van der Waals surface area contributed by atoms with Crippen LogP contribution >= 0.6 is 0 Å². The number of sulfonamides is 1. The van der Waals surface area contributed by atoms with Gasteiger partial charge in [-0.05, 0) is 62.3 Å². The minimum Gasteiger partial charge on any atom is -0.352 e. The molecule has 4 rings (SSSR count). The van der Waals surface area contributed by atoms with Gasteiger partial charge in [-0.3, -0.25) is 9.10 Å². The summed E-state index contributed by atoms with van der Waals surface area (Å²) in [6, 6.07) is 15.7. The van der Waals surface area contributed by atoms with Gasteiger partial charge in [-0.1, -0.05) is 42.3 Å². The minimum atomic E-state index is -3.84. The van der Waals surface area contributed by atoms with Crippen LogP contribution in [0.15, 0.2) is 59.5 Å². The van der Waals surface area contributed by atoms with Crippen LogP contribution in [0.4, 0.5) is 5.69 Å². The van der Waals surface area contributed by atoms with Gasteiger partial charge in [0.15, 0.2) is 0 Å². The molecule has 2 aromatic rings. The van der Waals surface area contributed by atoms with E-state index < -0.39 is 10.0 Å². The van der Waals surface area contributed by atoms with E-state index in [1.807, 2.05) is 13.0 Å². The normalized spacial score (nSPS) is 23.5. The van der Waals surface area contributed by atoms with Crippen molar-refractivity contribution in [1.29, 1.82) is 0 Å². The third kappa shape index (κ3) is 3.78. The van der Waals surface area contributed by atoms with Gasteiger partial charge in [-0.25, -0.2) is 8.42 Å². The Morgan fingerprint density at radius 3 is 2.36 bits per heavy atom. The van der Waals surface area contributed by atoms with Crippen molar-refractivity contribution in [3.05, 3.63) is 60.2 Å². The number of nitrogens with zero attached hydrogens (tertiary/aromatic N) is 1. The van der Waals surface area contributed by atoms with Crippen molar-refractivity contribution in [2.45, 2.75) is 43.5 Å². The molecule has 2 fully saturated rings. The predicted molar refractivity (Wildman–Crippen MR) is 110 cm³/mol. The number of carbonyl (C=O) groups excluding carboxylic acids is 1. The van der Waals surface area contributed by atoms with Crippen molar-refractivity contribution in [3.63, 3.8) is 0 Å². The third-order valence-electron chi connectivity index (χ3n) is 6.02. The summed E-state index contributed by atoms with van der Waals surface area (Å²) in [7, 11) is -3.84. The zero-order valence-corrected chi connectivity index (χ0v) is 16.9. The van der Waals surface area contributed by atoms with Gasteiger partial charge < -0.3 is 5.32 Å². The molecule has 148 valence electrons. The molecule has 2 aliphatic carbocycles. The molecule has 2 aromatic carbocycles. The van der Waals surface area contributed by atoms with Crippen LogP contribution in [0.3, 0.4) is 0 Å². The number of hydrogen-bond donors (Lipinski definition) is 1. The van der Waals surface area contributed by atoms with E-state index in [1.165, 1.54) is 23.6 Å². The number of para-hydroxylation sites is 1. The van der Waals surface area contributed by atoms with E-state index in [1.54, 1.807) is 48.5 Å². The number of rotatable bonds is 6. The van der Waals surface area contributed by atoms with Crippen LogP contribution in [0.5, 0.6) is 0 Å². The molecule has 2 bridgehead atoms. The lowest BCUT2D eigenvalue weighted by atomic mass is 9.95. The lowest BCUT2D eigenvalue weighted by Crippen LogP contribution is -2.45. The molecule has 0 aromatic heterocycles. The molecule has 0 heterocycles. The Bertz CT molecular complexity index is 942. The molecule has 0 saturated heterocycles. The van der Waals surface area contributed by atoms with Gasteiger partial charge in [-0.2, -0.15) is 0 Å². The summed E-state index contributed by atoms with van der Waals surface area (Å²) in [5.41, 5.74) is 1.48. The molecule has 5 nitrogen and oxygen atoms in total. The minimum absolute atomic E-state index is 0.186. The van der Waals surface area contributed by atoms with Crippen LogP contribution in [0.1, 0.15) is 31.2 Å². The average Bonchev–Trinajstić information content (AvgIpc) is 3.30. The highest BCUT2D eigenvalue weighted by molar-refractivity contribution is 7.92. The Kier molecular flexibility index (Phi) is 5.15. The second-order valence-electron chi connectivity index (χ2n) is 8.01. The standard InChI is InChI=1S/C22H26N2O3S/c1-16-7-11-20(12-8-16)28(26,27)24(19-5-3-2-4-6-19)15-22(25)23-21-14-17-9-10-18(21)13-17/h2-8,11-12,17-18,21H,9-10,13-15H2,1H3,(H,23,25)/t17-,18-,21+/m1/s1. The molecular formula is C22H26N2O3S. The topological polar surface area (TPSA) is 66.5 Å². The van der Waals surface area contributed by atoms with Gasteiger partial charge in [0.1, 0.15) is 6.54 Å². The first kappa shape index (κ1) is 19.0. The van der Waals surface area contributed by atoms with Gasteiger partial charge in [0, 0.05) is 6.04 Å². The van der Waals surface area contributed by atoms with Crippen LogP contribution in [-0.2, 0) is 14.8 Å². The Balaban J connectivity index is 1.57. The van der Waals surface area contributed by atoms with Crippen LogP contribution in [0, 0.1) is 18.8 Å². The van der Waals surface area contributed by atoms with Crippen LogP contribution in [0.25, 0.3) is 0 Å². The zero-order valence-electron chi connectivity index (χ0n) is 16.0. The lowest BCUT2D eigenvalue weighted by molar-refractivity contribution is -0.120. The van der Waals surface area contributed by atoms with Gasteiger partial charge in [0.05, 0.1) is 10.6 Å². The summed E-state index contributed by atoms with van der Waals surface area (Å²) in [5.74, 6) is 1.03. The van der Waals surface area contributed by atoms with Crippen molar-refractivity contribution in [1.82, 2.24) is 5.32 Å². The first-order chi connectivity index (χ1) is 13.4. The Morgan fingerprint density at radius 2 is 1.75 bits per heavy atom. The van der Waals surface area contributed by atoms with E-state index >= 15 is 0 Å². The summed E-state index contributed by atoms with van der Waals surface area (Å²) >= 11 is 0. The summed E-state index contributed by atoms with van der Waals surface area (Å²) in [5, 5.41) is 3.10. The van der Waals surface area contributed by atoms with Crippen LogP contribution < -0.4 is 9.62 Å². The first-order valence-electron chi connectivity index (χ1n) is 9.87. The highest BCUT2D eigenvalue weighted by Crippen LogP contribution is 2.44. The number of carbonyl (C=O) groups is 1. The number of benzene rings is 2. The second-order valence-corrected chi connectivity index (χ2v) is 9.87. The van der Waals surface area contributed by atoms with Crippen molar-refractivity contribution in [2.24, 2.45) is 11.8 Å². The summed E-state index contributed by atoms with van der Waals surface area (Å²) in [6.07, 6.45) is 4.64. The Morgan fingerprint density at radius 1 is 1.04 bits per heavy atom. The highest BCUT2D eigenvalue weighted by Gasteiger charge is 2.40. The quantitative estimate of drug-likeness (QED) is 0.810. The first-order valence-corrected chi connectivity index (χ1v) is 11.3. The molecule has 1 amide bonds. The van der Waals surface area contributed by atoms with E-state index in [-0.39, 0.29) is 23.4 Å². The molecular weight excluding hydrogens is 372 g/mol. The third-order valence-corrected chi connectivity index (χ3v) is 7.81. The smallest absolute Gasteiger partial charge is 0.264 e. The lowest BCUT2D eigenvalue weighted by Gasteiger charge is -2.27. The van der Waals surface area contributed by atoms with E-state index in [4.69, 9.17) is 0 Å². The molecule has 28 heavy (non-hydrogen) atoms. The SMILES string of the molecule is Cc1ccc(S(=O)(=O)N(CC(=O)N[C@H]2C[C@@H]3CC[C@@H]2C3)c2ccccc2)cc1. The maximum Gasteiger partial charge on any atom is 0.264 e. The van der Waals surface area contributed by atoms with E-state index in [9.17, 15) is 13.2 Å². The van der Waals surface area contributed by atoms with Gasteiger partial charge in [0.25, 0.3) is 10.0 Å². The fraction of sp³-hybridized carbons (Fsp3) is 0.409. The summed E-state index contributed by atoms with van der Waals surface area (Å²) < 4.78 is 27.8. The van der Waals surface area contributed by atoms with Crippen LogP contribution in [-0.4, -0.2) is 26.9 Å². The zero-order chi connectivity index (χ0) is 19.7. The van der Waals surface area contributed by atoms with Crippen molar-refractivity contribution < 1.29 is 13.2 Å². The van der Waals surface area contributed by atoms with Gasteiger partial charge in [-0.15, -0.1) is 0 Å². The van der Waals surface area contributed by atoms with Gasteiger partial charge >= 0.3 is 0 Å². The molecule has 0 spiro atoms. The van der Waals surface area contributed by atoms with Crippen molar-refractivity contribution in [3.8, 4) is 0 Å². The number of anilines is 1. The van der Waals surface area contributed by atoms with E-state index in [0.717, 1.165) is 17.9 Å². The molecule has 3 atom stereocenters. The molecule has 1 N–H and O–H groups in total. The Hall–Kier alpha value is -2.34. The average molecular weight is 399 g/mol. The number of nitrogens with one attached hydrogen (secondary N) is 1. The molecule has 6 heteroatoms. The molecule has 2 saturated carbocycles. The molecule has 2 aliphatic rings. The highest BCUT2D eigenvalue weighted by atomic mass is 32.2. The summed E-state index contributed by atoms with van der Waals surface area (Å²) in [6.45, 7) is 1.70. The fourth-order valence-electron chi connectivity index (χ4n) is 4.55. The predicted octanol–water partition coefficient (Wildman–Crippen LogP) is 3.50. The number of hydrogen-bond acceptors (Lipinski definition) is 3. The number of amides is 1. The molecule has 0 aliphatic heterocycles. The van der Waals surface area contributed by atoms with Crippen molar-refractivity contribution >= 4 is 21.6 Å². The monoisotopic (exact) mass is 398 g/mol. The Labute approximate surface area is 166 Å². The largest absolute Gasteiger partial charge is 0.352 e. The molecule has 0 unspecified atom stereocenters. The number of aryl methyl sites for hydroxylation is 1. The summed E-state index contributed by atoms with van der Waals surface area (Å²) in [4.78, 5) is 13.0. The van der Waals surface area contributed by atoms with Crippen LogP contribution in [0.2, 0.25) is 0 Å². The van der Waals surface area contributed by atoms with Crippen molar-refractivity contribution in [2.75, 3.05) is 10.8 Å². The number of fused-ring (bicyclic) bond motifs is 2. The van der Waals surface area contributed by atoms with Gasteiger partial charge in [0.2, 0.25) is 5.91 Å².